The second-order valence-electron chi connectivity index (χ2n) is 7.03. The number of morpholine rings is 1. The molecular formula is C19H23N9O2S. The molecule has 3 aromatic rings. The lowest BCUT2D eigenvalue weighted by Crippen LogP contribution is -2.51. The maximum Gasteiger partial charge on any atom is 0.339 e. The average Bonchev–Trinajstić information content (AvgIpc) is 3.25. The number of primary amides is 1. The van der Waals surface area contributed by atoms with E-state index < -0.39 is 6.03 Å². The fourth-order valence-electron chi connectivity index (χ4n) is 3.32. The van der Waals surface area contributed by atoms with Crippen LogP contribution < -0.4 is 21.9 Å². The molecule has 0 saturated carbocycles. The lowest BCUT2D eigenvalue weighted by Gasteiger charge is -2.26. The molecule has 5 N–H and O–H groups in total. The number of hydrazine groups is 1. The van der Waals surface area contributed by atoms with E-state index in [1.165, 1.54) is 0 Å². The summed E-state index contributed by atoms with van der Waals surface area (Å²) < 4.78 is 7.30. The molecule has 12 heteroatoms. The summed E-state index contributed by atoms with van der Waals surface area (Å²) in [5.41, 5.74) is 16.4. The summed E-state index contributed by atoms with van der Waals surface area (Å²) in [6, 6.07) is 4.44. The van der Waals surface area contributed by atoms with Crippen LogP contribution in [0.25, 0.3) is 22.2 Å². The molecule has 4 rings (SSSR count). The first kappa shape index (κ1) is 20.9. The molecule has 2 amide bonds. The van der Waals surface area contributed by atoms with Crippen molar-refractivity contribution in [1.82, 2.24) is 30.1 Å². The Morgan fingerprint density at radius 2 is 1.97 bits per heavy atom. The predicted molar refractivity (Wildman–Crippen MR) is 120 cm³/mol. The van der Waals surface area contributed by atoms with Crippen LogP contribution in [-0.2, 0) is 11.3 Å². The number of ether oxygens (including phenoxy) is 1. The molecule has 1 aliphatic heterocycles. The highest BCUT2D eigenvalue weighted by Crippen LogP contribution is 2.23. The van der Waals surface area contributed by atoms with Crippen LogP contribution in [0.5, 0.6) is 0 Å². The van der Waals surface area contributed by atoms with E-state index in [0.717, 1.165) is 55.5 Å². The average molecular weight is 442 g/mol. The fourth-order valence-corrected chi connectivity index (χ4v) is 3.41. The molecule has 0 atom stereocenters. The third kappa shape index (κ3) is 5.05. The van der Waals surface area contributed by atoms with Gasteiger partial charge < -0.3 is 16.2 Å². The monoisotopic (exact) mass is 441 g/mol. The zero-order valence-corrected chi connectivity index (χ0v) is 17.6. The van der Waals surface area contributed by atoms with Crippen LogP contribution in [0, 0.1) is 0 Å². The maximum absolute atomic E-state index is 11.7. The summed E-state index contributed by atoms with van der Waals surface area (Å²) in [4.78, 5) is 23.0. The van der Waals surface area contributed by atoms with Gasteiger partial charge in [0.1, 0.15) is 0 Å². The molecule has 31 heavy (non-hydrogen) atoms. The number of amides is 2. The van der Waals surface area contributed by atoms with Crippen LogP contribution in [0.4, 0.5) is 10.6 Å². The molecule has 1 saturated heterocycles. The lowest BCUT2D eigenvalue weighted by molar-refractivity contribution is 0.0360. The third-order valence-corrected chi connectivity index (χ3v) is 5.00. The summed E-state index contributed by atoms with van der Waals surface area (Å²) in [7, 11) is 0. The number of hydrogen-bond donors (Lipinski definition) is 3. The lowest BCUT2D eigenvalue weighted by atomic mass is 10.1. The van der Waals surface area contributed by atoms with Crippen molar-refractivity contribution in [3.63, 3.8) is 0 Å². The second-order valence-corrected chi connectivity index (χ2v) is 7.47. The minimum absolute atomic E-state index is 0.0999. The third-order valence-electron chi connectivity index (χ3n) is 4.91. The number of nitrogens with zero attached hydrogens (tertiary/aromatic N) is 6. The van der Waals surface area contributed by atoms with Crippen molar-refractivity contribution >= 4 is 40.2 Å². The van der Waals surface area contributed by atoms with E-state index in [9.17, 15) is 4.79 Å². The molecule has 0 spiro atoms. The van der Waals surface area contributed by atoms with Gasteiger partial charge in [-0.2, -0.15) is 10.1 Å². The van der Waals surface area contributed by atoms with Gasteiger partial charge in [0.15, 0.2) is 10.9 Å². The van der Waals surface area contributed by atoms with Gasteiger partial charge in [0.25, 0.3) is 0 Å². The Labute approximate surface area is 183 Å². The van der Waals surface area contributed by atoms with Crippen LogP contribution in [-0.4, -0.2) is 68.6 Å². The SMILES string of the molecule is NC(=O)N(NC(N)=S)c1ccc2ncc(-c3cnn(CCN4CCOCC4)c3)cc2n1. The molecule has 0 aromatic carbocycles. The smallest absolute Gasteiger partial charge is 0.339 e. The van der Waals surface area contributed by atoms with Gasteiger partial charge in [-0.1, -0.05) is 0 Å². The molecule has 1 aliphatic rings. The van der Waals surface area contributed by atoms with Crippen LogP contribution in [0.1, 0.15) is 0 Å². The number of urea groups is 1. The largest absolute Gasteiger partial charge is 0.379 e. The number of thiocarbonyl (C=S) groups is 1. The molecule has 1 fully saturated rings. The highest BCUT2D eigenvalue weighted by molar-refractivity contribution is 7.80. The molecule has 0 aliphatic carbocycles. The zero-order chi connectivity index (χ0) is 21.8. The minimum Gasteiger partial charge on any atom is -0.379 e. The second kappa shape index (κ2) is 9.20. The molecular weight excluding hydrogens is 418 g/mol. The van der Waals surface area contributed by atoms with Crippen molar-refractivity contribution in [2.24, 2.45) is 11.5 Å². The molecule has 11 nitrogen and oxygen atoms in total. The van der Waals surface area contributed by atoms with Gasteiger partial charge >= 0.3 is 6.03 Å². The Morgan fingerprint density at radius 3 is 2.71 bits per heavy atom. The number of aromatic nitrogens is 4. The van der Waals surface area contributed by atoms with Crippen molar-refractivity contribution in [2.75, 3.05) is 37.9 Å². The Hall–Kier alpha value is -3.35. The van der Waals surface area contributed by atoms with Crippen molar-refractivity contribution in [3.05, 3.63) is 36.8 Å². The van der Waals surface area contributed by atoms with Crippen LogP contribution >= 0.6 is 12.2 Å². The quantitative estimate of drug-likeness (QED) is 0.380. The molecule has 4 heterocycles. The molecule has 162 valence electrons. The predicted octanol–water partition coefficient (Wildman–Crippen LogP) is 0.459. The topological polar surface area (TPSA) is 140 Å². The first-order valence-corrected chi connectivity index (χ1v) is 10.2. The molecule has 0 unspecified atom stereocenters. The maximum atomic E-state index is 11.7. The first-order valence-electron chi connectivity index (χ1n) is 9.75. The number of nitrogens with one attached hydrogen (secondary N) is 1. The Kier molecular flexibility index (Phi) is 6.21. The zero-order valence-electron chi connectivity index (χ0n) is 16.8. The van der Waals surface area contributed by atoms with Gasteiger partial charge in [0.2, 0.25) is 0 Å². The number of anilines is 1. The fraction of sp³-hybridized carbons (Fsp3) is 0.316. The molecule has 0 bridgehead atoms. The summed E-state index contributed by atoms with van der Waals surface area (Å²) in [6.45, 7) is 5.17. The van der Waals surface area contributed by atoms with Crippen molar-refractivity contribution < 1.29 is 9.53 Å². The summed E-state index contributed by atoms with van der Waals surface area (Å²) in [6.07, 6.45) is 5.56. The van der Waals surface area contributed by atoms with E-state index in [1.54, 1.807) is 24.5 Å². The summed E-state index contributed by atoms with van der Waals surface area (Å²) in [5, 5.41) is 5.35. The van der Waals surface area contributed by atoms with Crippen LogP contribution in [0.3, 0.4) is 0 Å². The highest BCUT2D eigenvalue weighted by atomic mass is 32.1. The van der Waals surface area contributed by atoms with E-state index in [-0.39, 0.29) is 10.9 Å². The first-order chi connectivity index (χ1) is 15.0. The standard InChI is InChI=1S/C19H23N9O2S/c20-18(31)25-28(19(21)29)17-2-1-15-16(24-17)9-13(10-22-15)14-11-23-27(12-14)4-3-26-5-7-30-8-6-26/h1-2,9-12H,3-8H2,(H2,21,29)(H3,20,25,31). The number of hydrogen-bond acceptors (Lipinski definition) is 7. The van der Waals surface area contributed by atoms with Crippen LogP contribution in [0.2, 0.25) is 0 Å². The van der Waals surface area contributed by atoms with Gasteiger partial charge in [-0.15, -0.1) is 0 Å². The summed E-state index contributed by atoms with van der Waals surface area (Å²) >= 11 is 4.80. The number of rotatable bonds is 5. The molecule has 3 aromatic heterocycles. The normalized spacial score (nSPS) is 14.5. The van der Waals surface area contributed by atoms with Crippen molar-refractivity contribution in [3.8, 4) is 11.1 Å². The Bertz CT molecular complexity index is 1100. The van der Waals surface area contributed by atoms with Gasteiger partial charge in [-0.3, -0.25) is 20.0 Å². The van der Waals surface area contributed by atoms with Gasteiger partial charge in [0.05, 0.1) is 37.0 Å². The van der Waals surface area contributed by atoms with Gasteiger partial charge in [0, 0.05) is 43.2 Å². The highest BCUT2D eigenvalue weighted by Gasteiger charge is 2.16. The number of nitrogens with two attached hydrogens (primary N) is 2. The Morgan fingerprint density at radius 1 is 1.16 bits per heavy atom. The Balaban J connectivity index is 1.53. The van der Waals surface area contributed by atoms with E-state index >= 15 is 0 Å². The van der Waals surface area contributed by atoms with Crippen LogP contribution in [0.15, 0.2) is 36.8 Å². The van der Waals surface area contributed by atoms with Gasteiger partial charge in [-0.05, 0) is 30.4 Å². The van der Waals surface area contributed by atoms with E-state index in [2.05, 4.69) is 25.4 Å². The number of fused-ring (bicyclic) bond motifs is 1. The number of carbonyl (C=O) groups is 1. The number of pyridine rings is 2. The van der Waals surface area contributed by atoms with E-state index in [4.69, 9.17) is 28.4 Å². The van der Waals surface area contributed by atoms with E-state index in [0.29, 0.717) is 11.0 Å². The van der Waals surface area contributed by atoms with Crippen molar-refractivity contribution in [1.29, 1.82) is 0 Å². The summed E-state index contributed by atoms with van der Waals surface area (Å²) in [5.74, 6) is 0.257. The number of carbonyl (C=O) groups excluding carboxylic acids is 1. The van der Waals surface area contributed by atoms with E-state index in [1.807, 2.05) is 16.9 Å². The minimum atomic E-state index is -0.787. The van der Waals surface area contributed by atoms with Crippen molar-refractivity contribution in [2.45, 2.75) is 6.54 Å². The molecule has 0 radical (unpaired) electrons. The van der Waals surface area contributed by atoms with Gasteiger partial charge in [-0.25, -0.2) is 9.78 Å².